The molecule has 4 rings (SSSR count). The molecular formula is C24H28N2O4. The third-order valence-corrected chi connectivity index (χ3v) is 6.47. The molecule has 0 N–H and O–H groups in total. The first kappa shape index (κ1) is 20.4. The number of carbonyl (C=O) groups excluding carboxylic acids is 2. The lowest BCUT2D eigenvalue weighted by atomic mass is 9.78. The Morgan fingerprint density at radius 1 is 1.03 bits per heavy atom. The first-order chi connectivity index (χ1) is 14.4. The maximum atomic E-state index is 13.6. The van der Waals surface area contributed by atoms with Gasteiger partial charge < -0.3 is 14.4 Å². The lowest BCUT2D eigenvalue weighted by molar-refractivity contribution is 0.0560. The summed E-state index contributed by atoms with van der Waals surface area (Å²) in [5, 5.41) is 0. The molecular weight excluding hydrogens is 380 g/mol. The first-order valence-electron chi connectivity index (χ1n) is 10.3. The minimum Gasteiger partial charge on any atom is -0.493 e. The Hall–Kier alpha value is -2.86. The van der Waals surface area contributed by atoms with Crippen LogP contribution in [0, 0.1) is 5.41 Å². The number of nitrogens with zero attached hydrogens (tertiary/aromatic N) is 2. The number of Topliss-reactive ketones (excluding diaryl/α,β-unsaturated/α-hetero) is 1. The predicted octanol–water partition coefficient (Wildman–Crippen LogP) is 3.25. The van der Waals surface area contributed by atoms with Crippen molar-refractivity contribution < 1.29 is 19.1 Å². The molecule has 1 saturated heterocycles. The SMILES string of the molecule is CCN1C(=O)c2ccccc2C(=O)[C@@]2(C)CN(Cc3ccc(OC)c(OC)c3)C[C@@H]12. The van der Waals surface area contributed by atoms with Gasteiger partial charge in [0.1, 0.15) is 0 Å². The van der Waals surface area contributed by atoms with Gasteiger partial charge in [0.15, 0.2) is 17.3 Å². The van der Waals surface area contributed by atoms with Crippen molar-refractivity contribution in [3.05, 3.63) is 59.2 Å². The summed E-state index contributed by atoms with van der Waals surface area (Å²) < 4.78 is 10.8. The Kier molecular flexibility index (Phi) is 5.28. The highest BCUT2D eigenvalue weighted by molar-refractivity contribution is 6.12. The standard InChI is InChI=1S/C24H28N2O4/c1-5-26-21-14-25(13-16-10-11-19(29-3)20(12-16)30-4)15-24(21,2)22(27)17-8-6-7-9-18(17)23(26)28/h6-12,21H,5,13-15H2,1-4H3/t21-,24+/m1/s1. The molecule has 1 fully saturated rings. The average Bonchev–Trinajstić information content (AvgIpc) is 3.07. The minimum absolute atomic E-state index is 0.0526. The highest BCUT2D eigenvalue weighted by atomic mass is 16.5. The van der Waals surface area contributed by atoms with Gasteiger partial charge in [0, 0.05) is 31.7 Å². The van der Waals surface area contributed by atoms with E-state index >= 15 is 0 Å². The monoisotopic (exact) mass is 408 g/mol. The van der Waals surface area contributed by atoms with E-state index in [2.05, 4.69) is 4.90 Å². The highest BCUT2D eigenvalue weighted by Gasteiger charge is 2.54. The lowest BCUT2D eigenvalue weighted by Gasteiger charge is -2.34. The molecule has 2 atom stereocenters. The molecule has 2 aliphatic heterocycles. The Morgan fingerprint density at radius 2 is 1.73 bits per heavy atom. The molecule has 158 valence electrons. The molecule has 6 heteroatoms. The van der Waals surface area contributed by atoms with Gasteiger partial charge in [0.2, 0.25) is 0 Å². The van der Waals surface area contributed by atoms with Crippen molar-refractivity contribution in [2.45, 2.75) is 26.4 Å². The minimum atomic E-state index is -0.644. The van der Waals surface area contributed by atoms with E-state index in [0.717, 1.165) is 5.56 Å². The molecule has 1 amide bonds. The Bertz CT molecular complexity index is 989. The number of likely N-dealkylation sites (N-methyl/N-ethyl adjacent to an activating group) is 1. The molecule has 0 unspecified atom stereocenters. The third-order valence-electron chi connectivity index (χ3n) is 6.47. The maximum Gasteiger partial charge on any atom is 0.254 e. The number of benzene rings is 2. The Balaban J connectivity index is 1.66. The van der Waals surface area contributed by atoms with E-state index in [1.165, 1.54) is 0 Å². The van der Waals surface area contributed by atoms with Crippen molar-refractivity contribution in [2.24, 2.45) is 5.41 Å². The molecule has 2 aromatic rings. The summed E-state index contributed by atoms with van der Waals surface area (Å²) in [6, 6.07) is 12.9. The van der Waals surface area contributed by atoms with Crippen molar-refractivity contribution in [1.82, 2.24) is 9.80 Å². The predicted molar refractivity (Wildman–Crippen MR) is 114 cm³/mol. The van der Waals surface area contributed by atoms with Crippen LogP contribution >= 0.6 is 0 Å². The quantitative estimate of drug-likeness (QED) is 0.760. The molecule has 30 heavy (non-hydrogen) atoms. The van der Waals surface area contributed by atoms with Crippen LogP contribution in [0.5, 0.6) is 11.5 Å². The van der Waals surface area contributed by atoms with Gasteiger partial charge in [-0.1, -0.05) is 24.3 Å². The number of hydrogen-bond donors (Lipinski definition) is 0. The van der Waals surface area contributed by atoms with Crippen molar-refractivity contribution in [1.29, 1.82) is 0 Å². The Morgan fingerprint density at radius 3 is 2.40 bits per heavy atom. The summed E-state index contributed by atoms with van der Waals surface area (Å²) in [5.74, 6) is 1.38. The summed E-state index contributed by atoms with van der Waals surface area (Å²) in [5.41, 5.74) is 1.50. The van der Waals surface area contributed by atoms with E-state index in [-0.39, 0.29) is 17.7 Å². The lowest BCUT2D eigenvalue weighted by Crippen LogP contribution is -2.49. The zero-order valence-electron chi connectivity index (χ0n) is 18.0. The van der Waals surface area contributed by atoms with Crippen LogP contribution in [-0.2, 0) is 6.54 Å². The van der Waals surface area contributed by atoms with Crippen molar-refractivity contribution in [2.75, 3.05) is 33.9 Å². The molecule has 0 saturated carbocycles. The molecule has 0 aliphatic carbocycles. The highest BCUT2D eigenvalue weighted by Crippen LogP contribution is 2.41. The number of carbonyl (C=O) groups is 2. The topological polar surface area (TPSA) is 59.1 Å². The average molecular weight is 408 g/mol. The summed E-state index contributed by atoms with van der Waals surface area (Å²) in [7, 11) is 3.24. The molecule has 2 heterocycles. The van der Waals surface area contributed by atoms with Crippen molar-refractivity contribution >= 4 is 11.7 Å². The van der Waals surface area contributed by atoms with E-state index < -0.39 is 5.41 Å². The van der Waals surface area contributed by atoms with Crippen LogP contribution < -0.4 is 9.47 Å². The van der Waals surface area contributed by atoms with Gasteiger partial charge in [-0.05, 0) is 37.6 Å². The number of likely N-dealkylation sites (tertiary alicyclic amines) is 1. The summed E-state index contributed by atoms with van der Waals surface area (Å²) in [6.45, 7) is 6.49. The number of hydrogen-bond acceptors (Lipinski definition) is 5. The van der Waals surface area contributed by atoms with E-state index in [4.69, 9.17) is 9.47 Å². The molecule has 0 aromatic heterocycles. The third kappa shape index (κ3) is 3.16. The fourth-order valence-electron chi connectivity index (χ4n) is 4.94. The van der Waals surface area contributed by atoms with Crippen molar-refractivity contribution in [3.63, 3.8) is 0 Å². The van der Waals surface area contributed by atoms with Crippen LogP contribution in [0.4, 0.5) is 0 Å². The Labute approximate surface area is 177 Å². The fraction of sp³-hybridized carbons (Fsp3) is 0.417. The van der Waals surface area contributed by atoms with Gasteiger partial charge in [-0.25, -0.2) is 0 Å². The van der Waals surface area contributed by atoms with Gasteiger partial charge in [-0.15, -0.1) is 0 Å². The van der Waals surface area contributed by atoms with E-state index in [0.29, 0.717) is 48.8 Å². The fourth-order valence-corrected chi connectivity index (χ4v) is 4.94. The zero-order chi connectivity index (χ0) is 21.5. The van der Waals surface area contributed by atoms with Gasteiger partial charge >= 0.3 is 0 Å². The second-order valence-electron chi connectivity index (χ2n) is 8.26. The van der Waals surface area contributed by atoms with Crippen LogP contribution in [0.3, 0.4) is 0 Å². The summed E-state index contributed by atoms with van der Waals surface area (Å²) in [6.07, 6.45) is 0. The van der Waals surface area contributed by atoms with Crippen LogP contribution in [0.25, 0.3) is 0 Å². The molecule has 2 aromatic carbocycles. The number of ether oxygens (including phenoxy) is 2. The molecule has 0 radical (unpaired) electrons. The largest absolute Gasteiger partial charge is 0.493 e. The number of amides is 1. The molecule has 0 bridgehead atoms. The van der Waals surface area contributed by atoms with E-state index in [1.54, 1.807) is 26.4 Å². The first-order valence-corrected chi connectivity index (χ1v) is 10.3. The summed E-state index contributed by atoms with van der Waals surface area (Å²) >= 11 is 0. The van der Waals surface area contributed by atoms with Crippen LogP contribution in [0.15, 0.2) is 42.5 Å². The van der Waals surface area contributed by atoms with Gasteiger partial charge in [-0.2, -0.15) is 0 Å². The number of fused-ring (bicyclic) bond motifs is 2. The van der Waals surface area contributed by atoms with Crippen LogP contribution in [-0.4, -0.2) is 61.4 Å². The second-order valence-corrected chi connectivity index (χ2v) is 8.26. The van der Waals surface area contributed by atoms with Gasteiger partial charge in [0.25, 0.3) is 5.91 Å². The zero-order valence-corrected chi connectivity index (χ0v) is 18.0. The number of ketones is 1. The second kappa shape index (κ2) is 7.76. The maximum absolute atomic E-state index is 13.6. The molecule has 0 spiro atoms. The van der Waals surface area contributed by atoms with E-state index in [9.17, 15) is 9.59 Å². The number of methoxy groups -OCH3 is 2. The van der Waals surface area contributed by atoms with Gasteiger partial charge in [-0.3, -0.25) is 14.5 Å². The smallest absolute Gasteiger partial charge is 0.254 e. The van der Waals surface area contributed by atoms with Crippen LogP contribution in [0.2, 0.25) is 0 Å². The van der Waals surface area contributed by atoms with Crippen LogP contribution in [0.1, 0.15) is 40.1 Å². The molecule has 6 nitrogen and oxygen atoms in total. The summed E-state index contributed by atoms with van der Waals surface area (Å²) in [4.78, 5) is 31.0. The number of rotatable bonds is 5. The molecule has 2 aliphatic rings. The van der Waals surface area contributed by atoms with Gasteiger partial charge in [0.05, 0.1) is 31.2 Å². The van der Waals surface area contributed by atoms with E-state index in [1.807, 2.05) is 49.1 Å². The van der Waals surface area contributed by atoms with Crippen molar-refractivity contribution in [3.8, 4) is 11.5 Å². The normalized spacial score (nSPS) is 23.7.